The van der Waals surface area contributed by atoms with Crippen molar-refractivity contribution in [1.82, 2.24) is 15.0 Å². The van der Waals surface area contributed by atoms with Crippen molar-refractivity contribution in [2.45, 2.75) is 12.5 Å². The van der Waals surface area contributed by atoms with Crippen LogP contribution in [0.1, 0.15) is 17.5 Å². The summed E-state index contributed by atoms with van der Waals surface area (Å²) in [7, 11) is 0. The predicted octanol–water partition coefficient (Wildman–Crippen LogP) is 1.80. The number of aliphatic hydroxyl groups excluding tert-OH is 1. The Kier molecular flexibility index (Phi) is 3.44. The van der Waals surface area contributed by atoms with E-state index in [0.717, 1.165) is 5.56 Å². The van der Waals surface area contributed by atoms with Crippen LogP contribution < -0.4 is 0 Å². The van der Waals surface area contributed by atoms with Crippen LogP contribution in [0.2, 0.25) is 5.02 Å². The Morgan fingerprint density at radius 3 is 2.69 bits per heavy atom. The molecular formula is C11H10ClN3O. The van der Waals surface area contributed by atoms with Gasteiger partial charge in [-0.25, -0.2) is 9.97 Å². The van der Waals surface area contributed by atoms with Gasteiger partial charge in [-0.3, -0.25) is 4.98 Å². The summed E-state index contributed by atoms with van der Waals surface area (Å²) in [6.07, 6.45) is 6.01. The van der Waals surface area contributed by atoms with E-state index in [1.165, 1.54) is 0 Å². The van der Waals surface area contributed by atoms with Crippen molar-refractivity contribution in [3.63, 3.8) is 0 Å². The fourth-order valence-corrected chi connectivity index (χ4v) is 1.55. The number of aromatic nitrogens is 3. The fraction of sp³-hybridized carbons (Fsp3) is 0.182. The van der Waals surface area contributed by atoms with Crippen molar-refractivity contribution in [3.05, 3.63) is 53.3 Å². The molecule has 0 radical (unpaired) electrons. The number of nitrogens with zero attached hydrogens (tertiary/aromatic N) is 3. The van der Waals surface area contributed by atoms with E-state index in [9.17, 15) is 5.11 Å². The van der Waals surface area contributed by atoms with Gasteiger partial charge in [-0.05, 0) is 17.7 Å². The lowest BCUT2D eigenvalue weighted by Gasteiger charge is -2.09. The Hall–Kier alpha value is -1.52. The third-order valence-corrected chi connectivity index (χ3v) is 2.49. The third-order valence-electron chi connectivity index (χ3n) is 2.15. The average molecular weight is 236 g/mol. The second-order valence-corrected chi connectivity index (χ2v) is 3.70. The Bertz CT molecular complexity index is 464. The summed E-state index contributed by atoms with van der Waals surface area (Å²) in [4.78, 5) is 11.8. The average Bonchev–Trinajstić information content (AvgIpc) is 2.33. The van der Waals surface area contributed by atoms with Gasteiger partial charge in [0.2, 0.25) is 0 Å². The zero-order chi connectivity index (χ0) is 11.4. The van der Waals surface area contributed by atoms with Crippen LogP contribution in [0.15, 0.2) is 36.9 Å². The minimum Gasteiger partial charge on any atom is -0.385 e. The van der Waals surface area contributed by atoms with Gasteiger partial charge in [-0.1, -0.05) is 11.6 Å². The summed E-state index contributed by atoms with van der Waals surface area (Å²) in [6, 6.07) is 3.48. The molecule has 16 heavy (non-hydrogen) atoms. The van der Waals surface area contributed by atoms with Crippen molar-refractivity contribution >= 4 is 11.6 Å². The molecule has 0 saturated carbocycles. The van der Waals surface area contributed by atoms with Crippen LogP contribution in [-0.4, -0.2) is 20.1 Å². The summed E-state index contributed by atoms with van der Waals surface area (Å²) < 4.78 is 0. The molecule has 5 heteroatoms. The quantitative estimate of drug-likeness (QED) is 0.882. The molecule has 82 valence electrons. The monoisotopic (exact) mass is 235 g/mol. The highest BCUT2D eigenvalue weighted by molar-refractivity contribution is 6.31. The van der Waals surface area contributed by atoms with Crippen molar-refractivity contribution in [1.29, 1.82) is 0 Å². The van der Waals surface area contributed by atoms with Gasteiger partial charge >= 0.3 is 0 Å². The molecule has 0 spiro atoms. The van der Waals surface area contributed by atoms with E-state index in [-0.39, 0.29) is 0 Å². The molecule has 0 amide bonds. The smallest absolute Gasteiger partial charge is 0.157 e. The van der Waals surface area contributed by atoms with Gasteiger partial charge in [0.25, 0.3) is 0 Å². The number of hydrogen-bond acceptors (Lipinski definition) is 4. The molecule has 0 aliphatic carbocycles. The van der Waals surface area contributed by atoms with Gasteiger partial charge in [-0.15, -0.1) is 0 Å². The number of halogens is 1. The molecule has 0 saturated heterocycles. The van der Waals surface area contributed by atoms with E-state index >= 15 is 0 Å². The number of pyridine rings is 1. The van der Waals surface area contributed by atoms with Crippen molar-refractivity contribution in [2.24, 2.45) is 0 Å². The van der Waals surface area contributed by atoms with E-state index < -0.39 is 6.10 Å². The highest BCUT2D eigenvalue weighted by atomic mass is 35.5. The number of rotatable bonds is 3. The van der Waals surface area contributed by atoms with E-state index in [0.29, 0.717) is 17.3 Å². The van der Waals surface area contributed by atoms with Gasteiger partial charge in [0.15, 0.2) is 5.82 Å². The van der Waals surface area contributed by atoms with Gasteiger partial charge in [-0.2, -0.15) is 0 Å². The molecule has 2 aromatic heterocycles. The highest BCUT2D eigenvalue weighted by Gasteiger charge is 2.12. The van der Waals surface area contributed by atoms with Gasteiger partial charge in [0.1, 0.15) is 6.10 Å². The maximum Gasteiger partial charge on any atom is 0.157 e. The summed E-state index contributed by atoms with van der Waals surface area (Å²) in [5.74, 6) is 0.398. The van der Waals surface area contributed by atoms with E-state index in [1.807, 2.05) is 0 Å². The van der Waals surface area contributed by atoms with Gasteiger partial charge < -0.3 is 5.11 Å². The largest absolute Gasteiger partial charge is 0.385 e. The van der Waals surface area contributed by atoms with E-state index in [2.05, 4.69) is 15.0 Å². The lowest BCUT2D eigenvalue weighted by molar-refractivity contribution is 0.168. The Labute approximate surface area is 98.0 Å². The molecule has 0 aliphatic heterocycles. The van der Waals surface area contributed by atoms with Crippen LogP contribution in [0, 0.1) is 0 Å². The first-order valence-electron chi connectivity index (χ1n) is 4.81. The normalized spacial score (nSPS) is 12.4. The van der Waals surface area contributed by atoms with E-state index in [4.69, 9.17) is 11.6 Å². The second kappa shape index (κ2) is 5.01. The van der Waals surface area contributed by atoms with Crippen molar-refractivity contribution < 1.29 is 5.11 Å². The number of hydrogen-bond donors (Lipinski definition) is 1. The van der Waals surface area contributed by atoms with Crippen molar-refractivity contribution in [3.8, 4) is 0 Å². The van der Waals surface area contributed by atoms with Crippen LogP contribution in [0.4, 0.5) is 0 Å². The zero-order valence-electron chi connectivity index (χ0n) is 8.42. The third kappa shape index (κ3) is 2.53. The van der Waals surface area contributed by atoms with Crippen LogP contribution in [0.25, 0.3) is 0 Å². The van der Waals surface area contributed by atoms with Gasteiger partial charge in [0, 0.05) is 31.2 Å². The summed E-state index contributed by atoms with van der Waals surface area (Å²) in [5.41, 5.74) is 0.830. The molecule has 0 bridgehead atoms. The molecule has 2 heterocycles. The Balaban J connectivity index is 2.14. The molecule has 4 nitrogen and oxygen atoms in total. The highest BCUT2D eigenvalue weighted by Crippen LogP contribution is 2.20. The van der Waals surface area contributed by atoms with E-state index in [1.54, 1.807) is 36.9 Å². The molecule has 0 aromatic carbocycles. The van der Waals surface area contributed by atoms with Gasteiger partial charge in [0.05, 0.1) is 5.02 Å². The lowest BCUT2D eigenvalue weighted by Crippen LogP contribution is -2.06. The standard InChI is InChI=1S/C11H10ClN3O/c12-9-7-13-5-2-8(9)6-10(16)11-14-3-1-4-15-11/h1-5,7,10,16H,6H2. The lowest BCUT2D eigenvalue weighted by atomic mass is 10.1. The maximum atomic E-state index is 9.89. The first kappa shape index (κ1) is 11.0. The minimum absolute atomic E-state index is 0.380. The fourth-order valence-electron chi connectivity index (χ4n) is 1.35. The molecular weight excluding hydrogens is 226 g/mol. The summed E-state index contributed by atoms with van der Waals surface area (Å²) in [6.45, 7) is 0. The summed E-state index contributed by atoms with van der Waals surface area (Å²) >= 11 is 5.94. The van der Waals surface area contributed by atoms with Crippen molar-refractivity contribution in [2.75, 3.05) is 0 Å². The Morgan fingerprint density at radius 2 is 2.00 bits per heavy atom. The Morgan fingerprint density at radius 1 is 1.25 bits per heavy atom. The van der Waals surface area contributed by atoms with Crippen LogP contribution in [-0.2, 0) is 6.42 Å². The number of aliphatic hydroxyl groups is 1. The molecule has 0 fully saturated rings. The first-order chi connectivity index (χ1) is 7.77. The van der Waals surface area contributed by atoms with Crippen LogP contribution in [0.3, 0.4) is 0 Å². The first-order valence-corrected chi connectivity index (χ1v) is 5.18. The SMILES string of the molecule is OC(Cc1ccncc1Cl)c1ncccn1. The molecule has 1 N–H and O–H groups in total. The summed E-state index contributed by atoms with van der Waals surface area (Å²) in [5, 5.41) is 10.4. The maximum absolute atomic E-state index is 9.89. The van der Waals surface area contributed by atoms with Crippen LogP contribution >= 0.6 is 11.6 Å². The molecule has 1 atom stereocenters. The molecule has 2 aromatic rings. The minimum atomic E-state index is -0.749. The topological polar surface area (TPSA) is 58.9 Å². The second-order valence-electron chi connectivity index (χ2n) is 3.29. The molecule has 2 rings (SSSR count). The predicted molar refractivity (Wildman–Crippen MR) is 59.9 cm³/mol. The molecule has 0 aliphatic rings. The van der Waals surface area contributed by atoms with Crippen LogP contribution in [0.5, 0.6) is 0 Å². The molecule has 1 unspecified atom stereocenters. The zero-order valence-corrected chi connectivity index (χ0v) is 9.17.